The second kappa shape index (κ2) is 6.65. The quantitative estimate of drug-likeness (QED) is 0.297. The Balaban J connectivity index is 0.000000225. The molecule has 0 aromatic carbocycles. The summed E-state index contributed by atoms with van der Waals surface area (Å²) in [5.41, 5.74) is 0. The summed E-state index contributed by atoms with van der Waals surface area (Å²) in [5, 5.41) is 12.3. The van der Waals surface area contributed by atoms with Gasteiger partial charge in [-0.3, -0.25) is 4.79 Å². The summed E-state index contributed by atoms with van der Waals surface area (Å²) in [7, 11) is 0. The maximum Gasteiger partial charge on any atom is 0.327 e. The maximum absolute atomic E-state index is 11.8. The van der Waals surface area contributed by atoms with Crippen LogP contribution in [0, 0.1) is 0 Å². The van der Waals surface area contributed by atoms with Gasteiger partial charge < -0.3 is 20.1 Å². The average Bonchev–Trinajstić information content (AvgIpc) is 2.71. The Morgan fingerprint density at radius 1 is 1.43 bits per heavy atom. The first-order valence-electron chi connectivity index (χ1n) is 6.59. The van der Waals surface area contributed by atoms with E-state index in [2.05, 4.69) is 50.5 Å². The molecule has 0 spiro atoms. The van der Waals surface area contributed by atoms with Crippen LogP contribution >= 0.6 is 56.9 Å². The standard InChI is InChI=1S/C8H9I2NO3S.C4H9NO/c1-7(2)3(4(12)13)11-5(14)8(9,10)6(11)15-7;1-3-6-4-2-5-1/h3,6H,1-2H3,(H,12,13);5H,1-4H2/t3-,6+;/m0./s1. The van der Waals surface area contributed by atoms with Crippen molar-refractivity contribution in [2.75, 3.05) is 26.3 Å². The number of ether oxygens (including phenoxy) is 1. The van der Waals surface area contributed by atoms with Crippen molar-refractivity contribution < 1.29 is 19.4 Å². The number of halogens is 2. The van der Waals surface area contributed by atoms with E-state index >= 15 is 0 Å². The zero-order valence-electron chi connectivity index (χ0n) is 11.8. The lowest BCUT2D eigenvalue weighted by Crippen LogP contribution is -2.67. The minimum Gasteiger partial charge on any atom is -0.480 e. The third-order valence-electron chi connectivity index (χ3n) is 3.51. The number of aliphatic carboxylic acids is 1. The molecule has 6 nitrogen and oxygen atoms in total. The smallest absolute Gasteiger partial charge is 0.327 e. The number of carbonyl (C=O) groups excluding carboxylic acids is 1. The van der Waals surface area contributed by atoms with E-state index in [1.807, 2.05) is 13.8 Å². The van der Waals surface area contributed by atoms with Gasteiger partial charge in [0.05, 0.1) is 13.2 Å². The first-order chi connectivity index (χ1) is 9.69. The highest BCUT2D eigenvalue weighted by Gasteiger charge is 2.69. The van der Waals surface area contributed by atoms with Crippen LogP contribution in [-0.4, -0.2) is 65.8 Å². The van der Waals surface area contributed by atoms with E-state index in [1.165, 1.54) is 4.90 Å². The van der Waals surface area contributed by atoms with Gasteiger partial charge in [-0.25, -0.2) is 4.79 Å². The molecule has 9 heteroatoms. The number of nitrogens with one attached hydrogen (secondary N) is 1. The molecule has 0 unspecified atom stereocenters. The van der Waals surface area contributed by atoms with Crippen molar-refractivity contribution in [3.8, 4) is 0 Å². The van der Waals surface area contributed by atoms with Crippen molar-refractivity contribution in [2.45, 2.75) is 31.4 Å². The van der Waals surface area contributed by atoms with Crippen molar-refractivity contribution in [3.05, 3.63) is 0 Å². The molecule has 0 saturated carbocycles. The Kier molecular flexibility index (Phi) is 5.71. The normalized spacial score (nSPS) is 32.6. The molecule has 2 N–H and O–H groups in total. The SMILES string of the molecule is C1COCCN1.CC1(C)S[C@H]2N(C(=O)C2(I)I)[C@H]1C(=O)O. The van der Waals surface area contributed by atoms with Crippen LogP contribution in [0.15, 0.2) is 0 Å². The van der Waals surface area contributed by atoms with E-state index in [0.717, 1.165) is 26.3 Å². The lowest BCUT2D eigenvalue weighted by Gasteiger charge is -2.46. The number of rotatable bonds is 1. The van der Waals surface area contributed by atoms with E-state index in [1.54, 1.807) is 11.8 Å². The lowest BCUT2D eigenvalue weighted by atomic mass is 9.98. The Morgan fingerprint density at radius 2 is 2.00 bits per heavy atom. The second-order valence-electron chi connectivity index (χ2n) is 5.51. The van der Waals surface area contributed by atoms with Crippen LogP contribution in [0.2, 0.25) is 0 Å². The number of carboxylic acid groups (broad SMARTS) is 1. The van der Waals surface area contributed by atoms with Gasteiger partial charge in [0.2, 0.25) is 0 Å². The third kappa shape index (κ3) is 3.45. The molecule has 3 aliphatic heterocycles. The monoisotopic (exact) mass is 540 g/mol. The zero-order valence-corrected chi connectivity index (χ0v) is 16.9. The number of β-lactam (4-membered cyclic amide) rings is 1. The van der Waals surface area contributed by atoms with Crippen molar-refractivity contribution in [2.24, 2.45) is 0 Å². The molecular formula is C12H18I2N2O4S. The van der Waals surface area contributed by atoms with Crippen LogP contribution in [0.1, 0.15) is 13.8 Å². The Hall–Kier alpha value is 0.670. The number of amides is 1. The van der Waals surface area contributed by atoms with Gasteiger partial charge in [-0.05, 0) is 13.8 Å². The molecule has 3 rings (SSSR count). The summed E-state index contributed by atoms with van der Waals surface area (Å²) in [4.78, 5) is 24.5. The van der Waals surface area contributed by atoms with Gasteiger partial charge in [0.15, 0.2) is 1.43 Å². The third-order valence-corrected chi connectivity index (χ3v) is 8.10. The fourth-order valence-corrected chi connectivity index (χ4v) is 5.91. The molecular weight excluding hydrogens is 522 g/mol. The Labute approximate surface area is 155 Å². The van der Waals surface area contributed by atoms with Gasteiger partial charge in [-0.15, -0.1) is 11.8 Å². The molecule has 0 aliphatic carbocycles. The number of carboxylic acids is 1. The van der Waals surface area contributed by atoms with E-state index < -0.39 is 18.2 Å². The molecule has 21 heavy (non-hydrogen) atoms. The maximum atomic E-state index is 11.8. The number of nitrogens with zero attached hydrogens (tertiary/aromatic N) is 1. The topological polar surface area (TPSA) is 78.9 Å². The molecule has 1 amide bonds. The average molecular weight is 540 g/mol. The van der Waals surface area contributed by atoms with Crippen LogP contribution < -0.4 is 5.32 Å². The molecule has 3 heterocycles. The van der Waals surface area contributed by atoms with Gasteiger partial charge >= 0.3 is 5.97 Å². The molecule has 0 radical (unpaired) electrons. The number of morpholine rings is 1. The van der Waals surface area contributed by atoms with Crippen molar-refractivity contribution in [3.63, 3.8) is 0 Å². The van der Waals surface area contributed by atoms with Gasteiger partial charge in [0, 0.05) is 17.8 Å². The highest BCUT2D eigenvalue weighted by molar-refractivity contribution is 14.2. The Bertz CT molecular complexity index is 431. The highest BCUT2D eigenvalue weighted by atomic mass is 127. The number of hydrogen-bond donors (Lipinski definition) is 2. The molecule has 3 fully saturated rings. The van der Waals surface area contributed by atoms with Crippen LogP contribution in [0.5, 0.6) is 0 Å². The second-order valence-corrected chi connectivity index (χ2v) is 12.7. The predicted octanol–water partition coefficient (Wildman–Crippen LogP) is 1.31. The molecule has 3 saturated heterocycles. The summed E-state index contributed by atoms with van der Waals surface area (Å²) < 4.78 is 4.12. The number of thioether (sulfide) groups is 1. The number of alkyl halides is 2. The van der Waals surface area contributed by atoms with Crippen LogP contribution in [0.4, 0.5) is 0 Å². The van der Waals surface area contributed by atoms with Crippen molar-refractivity contribution in [1.82, 2.24) is 10.2 Å². The summed E-state index contributed by atoms with van der Waals surface area (Å²) >= 11 is 5.78. The van der Waals surface area contributed by atoms with E-state index in [4.69, 9.17) is 9.84 Å². The first kappa shape index (κ1) is 18.0. The van der Waals surface area contributed by atoms with Crippen molar-refractivity contribution >= 4 is 68.8 Å². The molecule has 3 aliphatic rings. The van der Waals surface area contributed by atoms with Gasteiger partial charge in [-0.2, -0.15) is 0 Å². The first-order valence-corrected chi connectivity index (χ1v) is 9.63. The lowest BCUT2D eigenvalue weighted by molar-refractivity contribution is -0.156. The largest absolute Gasteiger partial charge is 0.480 e. The molecule has 0 aromatic rings. The molecule has 120 valence electrons. The van der Waals surface area contributed by atoms with E-state index in [0.29, 0.717) is 0 Å². The van der Waals surface area contributed by atoms with E-state index in [-0.39, 0.29) is 11.3 Å². The number of carbonyl (C=O) groups is 2. The van der Waals surface area contributed by atoms with Gasteiger partial charge in [0.25, 0.3) is 5.91 Å². The van der Waals surface area contributed by atoms with Gasteiger partial charge in [0.1, 0.15) is 11.4 Å². The zero-order chi connectivity index (χ0) is 15.8. The molecule has 2 atom stereocenters. The minimum atomic E-state index is -0.911. The van der Waals surface area contributed by atoms with Crippen molar-refractivity contribution in [1.29, 1.82) is 0 Å². The summed E-state index contributed by atoms with van der Waals surface area (Å²) in [6, 6.07) is -0.697. The van der Waals surface area contributed by atoms with Gasteiger partial charge in [-0.1, -0.05) is 45.2 Å². The van der Waals surface area contributed by atoms with Crippen LogP contribution in [0.25, 0.3) is 0 Å². The predicted molar refractivity (Wildman–Crippen MR) is 98.2 cm³/mol. The molecule has 0 bridgehead atoms. The fourth-order valence-electron chi connectivity index (χ4n) is 2.50. The highest BCUT2D eigenvalue weighted by Crippen LogP contribution is 2.60. The molecule has 0 aromatic heterocycles. The van der Waals surface area contributed by atoms with Crippen LogP contribution in [-0.2, 0) is 14.3 Å². The van der Waals surface area contributed by atoms with Crippen LogP contribution in [0.3, 0.4) is 0 Å². The summed E-state index contributed by atoms with van der Waals surface area (Å²) in [5.74, 6) is -0.981. The number of fused-ring (bicyclic) bond motifs is 1. The minimum absolute atomic E-state index is 0.0118. The summed E-state index contributed by atoms with van der Waals surface area (Å²) in [6.07, 6.45) is 0. The number of hydrogen-bond acceptors (Lipinski definition) is 5. The Morgan fingerprint density at radius 3 is 2.38 bits per heavy atom. The van der Waals surface area contributed by atoms with E-state index in [9.17, 15) is 9.59 Å². The fraction of sp³-hybridized carbons (Fsp3) is 0.833. The summed E-state index contributed by atoms with van der Waals surface area (Å²) in [6.45, 7) is 7.59.